The van der Waals surface area contributed by atoms with E-state index in [1.54, 1.807) is 0 Å². The molecular weight excluding hydrogens is 196 g/mol. The van der Waals surface area contributed by atoms with Gasteiger partial charge in [-0.25, -0.2) is 0 Å². The van der Waals surface area contributed by atoms with Crippen LogP contribution < -0.4 is 5.32 Å². The van der Waals surface area contributed by atoms with Gasteiger partial charge >= 0.3 is 0 Å². The van der Waals surface area contributed by atoms with Crippen molar-refractivity contribution in [2.75, 3.05) is 7.05 Å². The highest BCUT2D eigenvalue weighted by atomic mass is 14.9. The number of hydrogen-bond acceptors (Lipinski definition) is 1. The molecule has 16 heavy (non-hydrogen) atoms. The van der Waals surface area contributed by atoms with Gasteiger partial charge in [0.15, 0.2) is 0 Å². The van der Waals surface area contributed by atoms with Gasteiger partial charge in [-0.3, -0.25) is 0 Å². The third-order valence-electron chi connectivity index (χ3n) is 3.81. The highest BCUT2D eigenvalue weighted by molar-refractivity contribution is 5.88. The number of likely N-dealkylation sites (N-methyl/N-ethyl adjacent to an activating group) is 1. The van der Waals surface area contributed by atoms with Crippen LogP contribution in [0.25, 0.3) is 10.9 Å². The molecule has 0 saturated heterocycles. The van der Waals surface area contributed by atoms with E-state index in [-0.39, 0.29) is 0 Å². The minimum atomic E-state index is 0.621. The molecule has 2 heteroatoms. The number of H-pyrrole nitrogens is 1. The average Bonchev–Trinajstić information content (AvgIpc) is 2.85. The van der Waals surface area contributed by atoms with Crippen LogP contribution in [0.5, 0.6) is 0 Å². The van der Waals surface area contributed by atoms with Crippen molar-refractivity contribution < 1.29 is 0 Å². The molecule has 3 rings (SSSR count). The molecule has 84 valence electrons. The van der Waals surface area contributed by atoms with E-state index in [1.807, 2.05) is 0 Å². The van der Waals surface area contributed by atoms with Crippen LogP contribution in [-0.2, 0) is 19.3 Å². The largest absolute Gasteiger partial charge is 0.358 e. The Hall–Kier alpha value is -1.28. The molecule has 2 aromatic rings. The van der Waals surface area contributed by atoms with Crippen molar-refractivity contribution in [3.05, 3.63) is 35.0 Å². The maximum Gasteiger partial charge on any atom is 0.0491 e. The van der Waals surface area contributed by atoms with Crippen LogP contribution in [0.1, 0.15) is 23.7 Å². The van der Waals surface area contributed by atoms with E-state index in [0.717, 1.165) is 12.8 Å². The van der Waals surface area contributed by atoms with Crippen molar-refractivity contribution in [3.63, 3.8) is 0 Å². The minimum absolute atomic E-state index is 0.621. The second kappa shape index (κ2) is 3.63. The van der Waals surface area contributed by atoms with E-state index in [4.69, 9.17) is 0 Å². The summed E-state index contributed by atoms with van der Waals surface area (Å²) in [7, 11) is 2.05. The monoisotopic (exact) mass is 214 g/mol. The molecule has 1 heterocycles. The van der Waals surface area contributed by atoms with Gasteiger partial charge in [0.25, 0.3) is 0 Å². The zero-order valence-corrected chi connectivity index (χ0v) is 9.93. The van der Waals surface area contributed by atoms with Crippen LogP contribution in [-0.4, -0.2) is 18.1 Å². The fourth-order valence-corrected chi connectivity index (χ4v) is 2.86. The molecule has 1 aliphatic rings. The lowest BCUT2D eigenvalue weighted by molar-refractivity contribution is 0.590. The van der Waals surface area contributed by atoms with Gasteiger partial charge in [0.1, 0.15) is 0 Å². The summed E-state index contributed by atoms with van der Waals surface area (Å²) in [6, 6.07) is 7.28. The first-order valence-electron chi connectivity index (χ1n) is 6.12. The van der Waals surface area contributed by atoms with Gasteiger partial charge in [0.05, 0.1) is 0 Å². The van der Waals surface area contributed by atoms with Gasteiger partial charge in [-0.1, -0.05) is 25.1 Å². The predicted molar refractivity (Wildman–Crippen MR) is 67.9 cm³/mol. The number of aromatic amines is 1. The minimum Gasteiger partial charge on any atom is -0.358 e. The Balaban J connectivity index is 2.16. The van der Waals surface area contributed by atoms with Crippen LogP contribution in [0.15, 0.2) is 18.2 Å². The summed E-state index contributed by atoms with van der Waals surface area (Å²) in [6.45, 7) is 2.22. The molecule has 1 atom stereocenters. The van der Waals surface area contributed by atoms with Crippen molar-refractivity contribution in [2.24, 2.45) is 0 Å². The van der Waals surface area contributed by atoms with Crippen molar-refractivity contribution in [3.8, 4) is 0 Å². The fourth-order valence-electron chi connectivity index (χ4n) is 2.86. The summed E-state index contributed by atoms with van der Waals surface area (Å²) in [4.78, 5) is 3.62. The van der Waals surface area contributed by atoms with Crippen LogP contribution in [0.4, 0.5) is 0 Å². The standard InChI is InChI=1S/C14H18N2/c1-3-9-5-4-6-11-12-7-10(15-2)8-13(12)16-14(9)11/h4-6,10,15-16H,3,7-8H2,1-2H3. The summed E-state index contributed by atoms with van der Waals surface area (Å²) in [6.07, 6.45) is 3.41. The number of nitrogens with one attached hydrogen (secondary N) is 2. The van der Waals surface area contributed by atoms with E-state index < -0.39 is 0 Å². The Bertz CT molecular complexity index is 525. The summed E-state index contributed by atoms with van der Waals surface area (Å²) < 4.78 is 0. The van der Waals surface area contributed by atoms with Crippen LogP contribution in [0.3, 0.4) is 0 Å². The molecular formula is C14H18N2. The molecule has 0 radical (unpaired) electrons. The van der Waals surface area contributed by atoms with Crippen molar-refractivity contribution in [1.82, 2.24) is 10.3 Å². The molecule has 0 saturated carbocycles. The number of aryl methyl sites for hydroxylation is 1. The van der Waals surface area contributed by atoms with Crippen LogP contribution >= 0.6 is 0 Å². The molecule has 0 fully saturated rings. The normalized spacial score (nSPS) is 19.2. The van der Waals surface area contributed by atoms with E-state index in [9.17, 15) is 0 Å². The van der Waals surface area contributed by atoms with E-state index in [0.29, 0.717) is 6.04 Å². The summed E-state index contributed by atoms with van der Waals surface area (Å²) in [5.74, 6) is 0. The molecule has 2 N–H and O–H groups in total. The second-order valence-corrected chi connectivity index (χ2v) is 4.67. The Labute approximate surface area is 96.1 Å². The van der Waals surface area contributed by atoms with Gasteiger partial charge in [0.2, 0.25) is 0 Å². The molecule has 2 nitrogen and oxygen atoms in total. The quantitative estimate of drug-likeness (QED) is 0.789. The van der Waals surface area contributed by atoms with Crippen LogP contribution in [0.2, 0.25) is 0 Å². The third kappa shape index (κ3) is 1.30. The Kier molecular flexibility index (Phi) is 2.25. The number of rotatable bonds is 2. The van der Waals surface area contributed by atoms with Crippen molar-refractivity contribution in [2.45, 2.75) is 32.2 Å². The number of benzene rings is 1. The maximum atomic E-state index is 3.62. The van der Waals surface area contributed by atoms with E-state index in [2.05, 4.69) is 42.5 Å². The summed E-state index contributed by atoms with van der Waals surface area (Å²) in [5.41, 5.74) is 5.78. The lowest BCUT2D eigenvalue weighted by Gasteiger charge is -2.07. The topological polar surface area (TPSA) is 27.8 Å². The first kappa shape index (κ1) is 9.91. The Morgan fingerprint density at radius 3 is 3.00 bits per heavy atom. The smallest absolute Gasteiger partial charge is 0.0491 e. The summed E-state index contributed by atoms with van der Waals surface area (Å²) >= 11 is 0. The number of para-hydroxylation sites is 1. The molecule has 0 amide bonds. The average molecular weight is 214 g/mol. The molecule has 1 aromatic heterocycles. The maximum absolute atomic E-state index is 3.62. The molecule has 1 aromatic carbocycles. The van der Waals surface area contributed by atoms with Gasteiger partial charge in [-0.15, -0.1) is 0 Å². The number of aromatic nitrogens is 1. The van der Waals surface area contributed by atoms with Gasteiger partial charge in [-0.05, 0) is 31.0 Å². The molecule has 0 spiro atoms. The molecule has 0 bridgehead atoms. The zero-order valence-electron chi connectivity index (χ0n) is 9.93. The van der Waals surface area contributed by atoms with E-state index in [1.165, 1.54) is 34.1 Å². The van der Waals surface area contributed by atoms with E-state index >= 15 is 0 Å². The Morgan fingerprint density at radius 2 is 2.25 bits per heavy atom. The predicted octanol–water partition coefficient (Wildman–Crippen LogP) is 2.42. The van der Waals surface area contributed by atoms with Crippen LogP contribution in [0, 0.1) is 0 Å². The lowest BCUT2D eigenvalue weighted by atomic mass is 10.1. The van der Waals surface area contributed by atoms with Gasteiger partial charge < -0.3 is 10.3 Å². The lowest BCUT2D eigenvalue weighted by Crippen LogP contribution is -2.25. The zero-order chi connectivity index (χ0) is 11.1. The molecule has 0 aliphatic heterocycles. The van der Waals surface area contributed by atoms with Gasteiger partial charge in [0, 0.05) is 29.1 Å². The van der Waals surface area contributed by atoms with Crippen molar-refractivity contribution in [1.29, 1.82) is 0 Å². The number of fused-ring (bicyclic) bond motifs is 3. The highest BCUT2D eigenvalue weighted by Crippen LogP contribution is 2.31. The molecule has 1 unspecified atom stereocenters. The SMILES string of the molecule is CCc1cccc2c3c([nH]c12)CC(NC)C3. The second-order valence-electron chi connectivity index (χ2n) is 4.67. The highest BCUT2D eigenvalue weighted by Gasteiger charge is 2.24. The first-order valence-corrected chi connectivity index (χ1v) is 6.12. The summed E-state index contributed by atoms with van der Waals surface area (Å²) in [5, 5.41) is 4.81. The first-order chi connectivity index (χ1) is 7.83. The fraction of sp³-hybridized carbons (Fsp3) is 0.429. The molecule has 1 aliphatic carbocycles. The number of hydrogen-bond donors (Lipinski definition) is 2. The van der Waals surface area contributed by atoms with Crippen molar-refractivity contribution >= 4 is 10.9 Å². The third-order valence-corrected chi connectivity index (χ3v) is 3.81. The van der Waals surface area contributed by atoms with Gasteiger partial charge in [-0.2, -0.15) is 0 Å². The Morgan fingerprint density at radius 1 is 1.38 bits per heavy atom.